The van der Waals surface area contributed by atoms with Crippen LogP contribution in [0.25, 0.3) is 5.57 Å². The van der Waals surface area contributed by atoms with Gasteiger partial charge in [0.05, 0.1) is 5.56 Å². The fraction of sp³-hybridized carbons (Fsp3) is 0.0833. The van der Waals surface area contributed by atoms with Crippen LogP contribution in [0.2, 0.25) is 0 Å². The maximum Gasteiger partial charge on any atom is 2.00 e. The zero-order chi connectivity index (χ0) is 11.4. The van der Waals surface area contributed by atoms with E-state index in [1.54, 1.807) is 12.1 Å². The summed E-state index contributed by atoms with van der Waals surface area (Å²) in [7, 11) is 0. The molecular formula is C12H11FN2U. The Morgan fingerprint density at radius 3 is 2.62 bits per heavy atom. The molecule has 1 aromatic carbocycles. The van der Waals surface area contributed by atoms with Gasteiger partial charge < -0.3 is 12.7 Å². The van der Waals surface area contributed by atoms with E-state index in [2.05, 4.69) is 13.8 Å². The Kier molecular flexibility index (Phi) is 6.26. The van der Waals surface area contributed by atoms with E-state index in [-0.39, 0.29) is 36.7 Å². The number of nitriles is 1. The van der Waals surface area contributed by atoms with Gasteiger partial charge in [-0.3, -0.25) is 0 Å². The van der Waals surface area contributed by atoms with Gasteiger partial charge in [0.1, 0.15) is 11.9 Å². The number of hydrogen-bond acceptors (Lipinski definition) is 2. The molecule has 0 fully saturated rings. The van der Waals surface area contributed by atoms with Crippen molar-refractivity contribution in [3.05, 3.63) is 49.0 Å². The molecule has 80 valence electrons. The normalized spacial score (nSPS) is 10.4. The van der Waals surface area contributed by atoms with E-state index in [1.165, 1.54) is 6.07 Å². The third kappa shape index (κ3) is 3.05. The molecule has 0 bridgehead atoms. The zero-order valence-corrected chi connectivity index (χ0v) is 12.9. The van der Waals surface area contributed by atoms with E-state index in [1.807, 2.05) is 0 Å². The Bertz CT molecular complexity index is 447. The molecule has 1 aromatic rings. The van der Waals surface area contributed by atoms with Crippen LogP contribution >= 0.6 is 0 Å². The third-order valence-electron chi connectivity index (χ3n) is 2.12. The molecule has 2 nitrogen and oxygen atoms in total. The van der Waals surface area contributed by atoms with Crippen LogP contribution in [0.3, 0.4) is 0 Å². The van der Waals surface area contributed by atoms with Gasteiger partial charge in [0.25, 0.3) is 0 Å². The Morgan fingerprint density at radius 2 is 2.19 bits per heavy atom. The number of nitrogens with two attached hydrogens (primary N) is 1. The Balaban J connectivity index is 0.00000225. The molecule has 0 atom stereocenters. The Morgan fingerprint density at radius 1 is 1.56 bits per heavy atom. The number of rotatable bonds is 2. The van der Waals surface area contributed by atoms with Crippen LogP contribution in [0, 0.1) is 62.1 Å². The summed E-state index contributed by atoms with van der Waals surface area (Å²) in [6, 6.07) is 4.34. The summed E-state index contributed by atoms with van der Waals surface area (Å²) < 4.78 is 13.1. The van der Waals surface area contributed by atoms with Crippen LogP contribution in [-0.4, -0.2) is 0 Å². The summed E-state index contributed by atoms with van der Waals surface area (Å²) in [6.45, 7) is 7.33. The standard InChI is InChI=1S/C12H11FN2.U/c1-3-8(4-2)10-5-9(7-14)11(13)6-12(10)15;/h3,5-6H,1-2,4,15H2;/q-2;+2. The second kappa shape index (κ2) is 6.63. The van der Waals surface area contributed by atoms with Gasteiger partial charge in [-0.25, -0.2) is 29.4 Å². The minimum atomic E-state index is -0.605. The first-order valence-electron chi connectivity index (χ1n) is 4.41. The van der Waals surface area contributed by atoms with Gasteiger partial charge in [-0.1, -0.05) is 5.56 Å². The third-order valence-corrected chi connectivity index (χ3v) is 2.12. The first-order valence-corrected chi connectivity index (χ1v) is 4.41. The molecular weight excluding hydrogens is 429 g/mol. The van der Waals surface area contributed by atoms with Gasteiger partial charge in [-0.15, -0.1) is 0 Å². The SMILES string of the molecule is [CH2-]C=C(C[CH2-])c1cc(C#N)c(F)cc1N.[U+2]. The molecule has 0 aliphatic carbocycles. The molecule has 0 aliphatic rings. The average molecular weight is 440 g/mol. The van der Waals surface area contributed by atoms with Gasteiger partial charge in [0.15, 0.2) is 0 Å². The predicted molar refractivity (Wildman–Crippen MR) is 58.8 cm³/mol. The topological polar surface area (TPSA) is 49.8 Å². The number of benzene rings is 1. The largest absolute Gasteiger partial charge is 2.00 e. The summed E-state index contributed by atoms with van der Waals surface area (Å²) in [4.78, 5) is 0. The first-order chi connectivity index (χ1) is 7.13. The predicted octanol–water partition coefficient (Wildman–Crippen LogP) is 2.72. The van der Waals surface area contributed by atoms with Gasteiger partial charge in [-0.2, -0.15) is 5.26 Å². The van der Waals surface area contributed by atoms with Crippen molar-refractivity contribution >= 4 is 11.3 Å². The van der Waals surface area contributed by atoms with E-state index >= 15 is 0 Å². The second-order valence-corrected chi connectivity index (χ2v) is 3.01. The number of anilines is 1. The van der Waals surface area contributed by atoms with Gasteiger partial charge in [-0.05, 0) is 12.1 Å². The molecule has 0 aliphatic heterocycles. The van der Waals surface area contributed by atoms with Crippen molar-refractivity contribution in [3.8, 4) is 6.07 Å². The van der Waals surface area contributed by atoms with Crippen molar-refractivity contribution < 1.29 is 35.5 Å². The quantitative estimate of drug-likeness (QED) is 0.568. The number of halogens is 1. The molecule has 0 aromatic heterocycles. The molecule has 0 unspecified atom stereocenters. The van der Waals surface area contributed by atoms with Crippen LogP contribution in [0.5, 0.6) is 0 Å². The summed E-state index contributed by atoms with van der Waals surface area (Å²) >= 11 is 0. The molecule has 0 spiro atoms. The summed E-state index contributed by atoms with van der Waals surface area (Å²) in [5.74, 6) is -0.605. The van der Waals surface area contributed by atoms with Crippen molar-refractivity contribution in [3.63, 3.8) is 0 Å². The maximum absolute atomic E-state index is 13.1. The second-order valence-electron chi connectivity index (χ2n) is 3.01. The zero-order valence-electron chi connectivity index (χ0n) is 8.76. The van der Waals surface area contributed by atoms with Gasteiger partial charge >= 0.3 is 31.1 Å². The van der Waals surface area contributed by atoms with Crippen molar-refractivity contribution in [1.82, 2.24) is 0 Å². The van der Waals surface area contributed by atoms with E-state index in [9.17, 15) is 4.39 Å². The molecule has 2 N–H and O–H groups in total. The summed E-state index contributed by atoms with van der Waals surface area (Å²) in [6.07, 6.45) is 2.10. The molecule has 0 amide bonds. The van der Waals surface area contributed by atoms with Crippen molar-refractivity contribution in [2.24, 2.45) is 0 Å². The first kappa shape index (κ1) is 15.1. The Hall–Kier alpha value is -0.898. The summed E-state index contributed by atoms with van der Waals surface area (Å²) in [5, 5.41) is 8.68. The number of hydrogen-bond donors (Lipinski definition) is 1. The molecule has 1 rings (SSSR count). The van der Waals surface area contributed by atoms with Crippen LogP contribution in [0.4, 0.5) is 10.1 Å². The van der Waals surface area contributed by atoms with Crippen LogP contribution in [-0.2, 0) is 0 Å². The number of nitrogen functional groups attached to an aromatic ring is 1. The Labute approximate surface area is 119 Å². The van der Waals surface area contributed by atoms with Crippen LogP contribution < -0.4 is 5.73 Å². The van der Waals surface area contributed by atoms with E-state index in [4.69, 9.17) is 11.0 Å². The van der Waals surface area contributed by atoms with Crippen LogP contribution in [0.1, 0.15) is 17.5 Å². The minimum Gasteiger partial charge on any atom is -0.399 e. The fourth-order valence-electron chi connectivity index (χ4n) is 1.30. The number of allylic oxidation sites excluding steroid dienone is 2. The average Bonchev–Trinajstić information content (AvgIpc) is 2.22. The van der Waals surface area contributed by atoms with Crippen molar-refractivity contribution in [2.45, 2.75) is 6.42 Å². The summed E-state index contributed by atoms with van der Waals surface area (Å²) in [5.41, 5.74) is 7.34. The van der Waals surface area contributed by atoms with E-state index < -0.39 is 5.82 Å². The van der Waals surface area contributed by atoms with E-state index in [0.717, 1.165) is 11.6 Å². The minimum absolute atomic E-state index is 0. The molecule has 0 radical (unpaired) electrons. The van der Waals surface area contributed by atoms with Gasteiger partial charge in [0.2, 0.25) is 0 Å². The van der Waals surface area contributed by atoms with Crippen molar-refractivity contribution in [1.29, 1.82) is 5.26 Å². The molecule has 0 heterocycles. The molecule has 4 heteroatoms. The van der Waals surface area contributed by atoms with Crippen molar-refractivity contribution in [2.75, 3.05) is 5.73 Å². The molecule has 16 heavy (non-hydrogen) atoms. The number of nitrogens with zero attached hydrogens (tertiary/aromatic N) is 1. The monoisotopic (exact) mass is 440 g/mol. The fourth-order valence-corrected chi connectivity index (χ4v) is 1.30. The molecule has 0 saturated carbocycles. The maximum atomic E-state index is 13.1. The van der Waals surface area contributed by atoms with E-state index in [0.29, 0.717) is 17.7 Å². The van der Waals surface area contributed by atoms with Crippen LogP contribution in [0.15, 0.2) is 18.2 Å². The van der Waals surface area contributed by atoms with Gasteiger partial charge in [0, 0.05) is 5.69 Å². The molecule has 0 saturated heterocycles. The smallest absolute Gasteiger partial charge is 0.399 e.